The fraction of sp³-hybridized carbons (Fsp3) is 0.280. The largest absolute Gasteiger partial charge is 0.337 e. The average molecular weight is 417 g/mol. The summed E-state index contributed by atoms with van der Waals surface area (Å²) in [6.07, 6.45) is 2.99. The molecule has 0 saturated carbocycles. The zero-order valence-electron chi connectivity index (χ0n) is 17.5. The Balaban J connectivity index is 1.84. The van der Waals surface area contributed by atoms with Crippen LogP contribution in [0.2, 0.25) is 0 Å². The van der Waals surface area contributed by atoms with Crippen molar-refractivity contribution in [1.82, 2.24) is 9.13 Å². The molecule has 0 fully saturated rings. The summed E-state index contributed by atoms with van der Waals surface area (Å²) >= 11 is 1.63. The molecule has 0 spiro atoms. The summed E-state index contributed by atoms with van der Waals surface area (Å²) in [5.74, 6) is 0. The SMILES string of the molecule is Cc1cc(C)c(Cn2c(=O)n(-c3ccccc3)c(=O)c3c4c(sc32)CCC4)c(C)c1. The summed E-state index contributed by atoms with van der Waals surface area (Å²) in [6.45, 7) is 6.76. The van der Waals surface area contributed by atoms with Crippen LogP contribution in [0.15, 0.2) is 52.1 Å². The molecular formula is C25H24N2O2S. The van der Waals surface area contributed by atoms with Crippen molar-refractivity contribution in [2.75, 3.05) is 0 Å². The number of aryl methyl sites for hydroxylation is 5. The van der Waals surface area contributed by atoms with Gasteiger partial charge >= 0.3 is 5.69 Å². The lowest BCUT2D eigenvalue weighted by molar-refractivity contribution is 0.713. The van der Waals surface area contributed by atoms with Crippen molar-refractivity contribution in [3.8, 4) is 5.69 Å². The average Bonchev–Trinajstić information content (AvgIpc) is 3.29. The lowest BCUT2D eigenvalue weighted by Gasteiger charge is -2.16. The number of nitrogens with zero attached hydrogens (tertiary/aromatic N) is 2. The van der Waals surface area contributed by atoms with Crippen LogP contribution in [-0.2, 0) is 19.4 Å². The second-order valence-corrected chi connectivity index (χ2v) is 9.34. The fourth-order valence-electron chi connectivity index (χ4n) is 4.77. The zero-order chi connectivity index (χ0) is 21.0. The highest BCUT2D eigenvalue weighted by atomic mass is 32.1. The molecule has 0 saturated heterocycles. The van der Waals surface area contributed by atoms with E-state index in [2.05, 4.69) is 32.9 Å². The molecule has 1 aliphatic rings. The standard InChI is InChI=1S/C25H24N2O2S/c1-15-12-16(2)20(17(3)13-15)14-26-24-22(19-10-7-11-21(19)30-24)23(28)27(25(26)29)18-8-5-4-6-9-18/h4-6,8-9,12-13H,7,10-11,14H2,1-3H3. The van der Waals surface area contributed by atoms with Crippen LogP contribution in [-0.4, -0.2) is 9.13 Å². The van der Waals surface area contributed by atoms with Gasteiger partial charge in [0.25, 0.3) is 5.56 Å². The van der Waals surface area contributed by atoms with E-state index in [0.717, 1.165) is 40.6 Å². The van der Waals surface area contributed by atoms with Gasteiger partial charge in [0.05, 0.1) is 17.6 Å². The van der Waals surface area contributed by atoms with Crippen molar-refractivity contribution in [3.63, 3.8) is 0 Å². The molecule has 0 N–H and O–H groups in total. The summed E-state index contributed by atoms with van der Waals surface area (Å²) in [5.41, 5.74) is 6.04. The molecule has 0 amide bonds. The molecule has 1 aliphatic carbocycles. The van der Waals surface area contributed by atoms with E-state index in [9.17, 15) is 9.59 Å². The molecule has 2 aromatic carbocycles. The van der Waals surface area contributed by atoms with E-state index in [1.807, 2.05) is 34.9 Å². The lowest BCUT2D eigenvalue weighted by atomic mass is 10.00. The van der Waals surface area contributed by atoms with Gasteiger partial charge in [-0.05, 0) is 74.4 Å². The van der Waals surface area contributed by atoms with Crippen molar-refractivity contribution in [1.29, 1.82) is 0 Å². The predicted molar refractivity (Wildman–Crippen MR) is 123 cm³/mol. The first-order chi connectivity index (χ1) is 14.5. The Morgan fingerprint density at radius 3 is 2.37 bits per heavy atom. The summed E-state index contributed by atoms with van der Waals surface area (Å²) < 4.78 is 3.17. The second-order valence-electron chi connectivity index (χ2n) is 8.26. The first-order valence-electron chi connectivity index (χ1n) is 10.4. The number of thiophene rings is 1. The normalized spacial score (nSPS) is 13.2. The molecule has 0 radical (unpaired) electrons. The Bertz CT molecular complexity index is 1380. The molecule has 0 atom stereocenters. The molecule has 2 aromatic heterocycles. The van der Waals surface area contributed by atoms with E-state index in [0.29, 0.717) is 12.2 Å². The molecule has 152 valence electrons. The van der Waals surface area contributed by atoms with Gasteiger partial charge in [0, 0.05) is 4.88 Å². The Morgan fingerprint density at radius 1 is 0.967 bits per heavy atom. The van der Waals surface area contributed by atoms with Gasteiger partial charge in [-0.15, -0.1) is 11.3 Å². The van der Waals surface area contributed by atoms with Gasteiger partial charge in [-0.1, -0.05) is 35.9 Å². The van der Waals surface area contributed by atoms with E-state index in [4.69, 9.17) is 0 Å². The Labute approximate surface area is 179 Å². The van der Waals surface area contributed by atoms with E-state index in [1.165, 1.54) is 26.1 Å². The summed E-state index contributed by atoms with van der Waals surface area (Å²) in [7, 11) is 0. The highest BCUT2D eigenvalue weighted by Crippen LogP contribution is 2.35. The fourth-order valence-corrected chi connectivity index (χ4v) is 6.14. The number of benzene rings is 2. The number of aromatic nitrogens is 2. The van der Waals surface area contributed by atoms with Gasteiger partial charge in [0.15, 0.2) is 0 Å². The van der Waals surface area contributed by atoms with Crippen LogP contribution in [0, 0.1) is 20.8 Å². The van der Waals surface area contributed by atoms with E-state index >= 15 is 0 Å². The third-order valence-corrected chi connectivity index (χ3v) is 7.47. The van der Waals surface area contributed by atoms with Gasteiger partial charge in [-0.3, -0.25) is 9.36 Å². The van der Waals surface area contributed by atoms with Gasteiger partial charge in [-0.2, -0.15) is 0 Å². The number of fused-ring (bicyclic) bond motifs is 3. The van der Waals surface area contributed by atoms with Gasteiger partial charge in [0.2, 0.25) is 0 Å². The topological polar surface area (TPSA) is 44.0 Å². The van der Waals surface area contributed by atoms with Gasteiger partial charge in [-0.25, -0.2) is 9.36 Å². The van der Waals surface area contributed by atoms with Crippen LogP contribution in [0.3, 0.4) is 0 Å². The molecule has 5 rings (SSSR count). The summed E-state index contributed by atoms with van der Waals surface area (Å²) in [4.78, 5) is 29.3. The van der Waals surface area contributed by atoms with Crippen LogP contribution in [0.1, 0.15) is 39.1 Å². The number of rotatable bonds is 3. The number of para-hydroxylation sites is 1. The highest BCUT2D eigenvalue weighted by molar-refractivity contribution is 7.18. The lowest BCUT2D eigenvalue weighted by Crippen LogP contribution is -2.39. The molecule has 4 nitrogen and oxygen atoms in total. The van der Waals surface area contributed by atoms with E-state index in [-0.39, 0.29) is 11.2 Å². The molecule has 30 heavy (non-hydrogen) atoms. The molecule has 2 heterocycles. The van der Waals surface area contributed by atoms with Gasteiger partial charge < -0.3 is 0 Å². The first-order valence-corrected chi connectivity index (χ1v) is 11.2. The van der Waals surface area contributed by atoms with Crippen LogP contribution in [0.5, 0.6) is 0 Å². The second kappa shape index (κ2) is 7.10. The minimum Gasteiger partial charge on any atom is -0.279 e. The molecule has 5 heteroatoms. The maximum Gasteiger partial charge on any atom is 0.337 e. The monoisotopic (exact) mass is 416 g/mol. The Hall–Kier alpha value is -2.92. The summed E-state index contributed by atoms with van der Waals surface area (Å²) in [6, 6.07) is 13.6. The molecule has 0 aliphatic heterocycles. The van der Waals surface area contributed by atoms with Gasteiger partial charge in [0.1, 0.15) is 4.83 Å². The molecule has 0 unspecified atom stereocenters. The van der Waals surface area contributed by atoms with Crippen molar-refractivity contribution in [3.05, 3.63) is 96.0 Å². The molecule has 4 aromatic rings. The van der Waals surface area contributed by atoms with Crippen LogP contribution in [0.25, 0.3) is 15.9 Å². The first kappa shape index (κ1) is 19.1. The van der Waals surface area contributed by atoms with Crippen LogP contribution in [0.4, 0.5) is 0 Å². The van der Waals surface area contributed by atoms with E-state index in [1.54, 1.807) is 11.3 Å². The summed E-state index contributed by atoms with van der Waals surface area (Å²) in [5, 5.41) is 0.735. The highest BCUT2D eigenvalue weighted by Gasteiger charge is 2.25. The molecular weight excluding hydrogens is 392 g/mol. The van der Waals surface area contributed by atoms with Crippen molar-refractivity contribution < 1.29 is 0 Å². The molecule has 0 bridgehead atoms. The van der Waals surface area contributed by atoms with Crippen LogP contribution < -0.4 is 11.2 Å². The zero-order valence-corrected chi connectivity index (χ0v) is 18.3. The minimum absolute atomic E-state index is 0.186. The third-order valence-electron chi connectivity index (χ3n) is 6.16. The maximum absolute atomic E-state index is 13.7. The minimum atomic E-state index is -0.266. The van der Waals surface area contributed by atoms with Crippen molar-refractivity contribution in [2.45, 2.75) is 46.6 Å². The van der Waals surface area contributed by atoms with E-state index < -0.39 is 0 Å². The predicted octanol–water partition coefficient (Wildman–Crippen LogP) is 4.68. The smallest absolute Gasteiger partial charge is 0.279 e. The number of hydrogen-bond donors (Lipinski definition) is 0. The maximum atomic E-state index is 13.7. The van der Waals surface area contributed by atoms with Crippen molar-refractivity contribution in [2.24, 2.45) is 0 Å². The van der Waals surface area contributed by atoms with Crippen LogP contribution >= 0.6 is 11.3 Å². The Morgan fingerprint density at radius 2 is 1.67 bits per heavy atom. The van der Waals surface area contributed by atoms with Crippen molar-refractivity contribution >= 4 is 21.6 Å². The third kappa shape index (κ3) is 2.88. The quantitative estimate of drug-likeness (QED) is 0.487. The Kier molecular flexibility index (Phi) is 4.51. The number of hydrogen-bond acceptors (Lipinski definition) is 3.